The van der Waals surface area contributed by atoms with E-state index in [2.05, 4.69) is 27.4 Å². The number of hydrogen-bond acceptors (Lipinski definition) is 8. The van der Waals surface area contributed by atoms with Crippen molar-refractivity contribution < 1.29 is 9.90 Å². The van der Waals surface area contributed by atoms with Crippen LogP contribution in [0.15, 0.2) is 53.0 Å². The molecule has 1 aromatic carbocycles. The number of aliphatic carboxylic acids is 1. The van der Waals surface area contributed by atoms with Crippen molar-refractivity contribution in [2.24, 2.45) is 0 Å². The summed E-state index contributed by atoms with van der Waals surface area (Å²) in [6.45, 7) is -0.238. The number of anilines is 2. The molecule has 4 N–H and O–H groups in total. The number of benzene rings is 1. The van der Waals surface area contributed by atoms with Gasteiger partial charge in [-0.15, -0.1) is 23.1 Å². The molecule has 5 rings (SSSR count). The van der Waals surface area contributed by atoms with E-state index in [1.54, 1.807) is 23.7 Å². The first kappa shape index (κ1) is 20.7. The lowest BCUT2D eigenvalue weighted by Gasteiger charge is -2.23. The lowest BCUT2D eigenvalue weighted by atomic mass is 10.00. The van der Waals surface area contributed by atoms with E-state index in [1.165, 1.54) is 19.3 Å². The minimum atomic E-state index is -0.969. The zero-order valence-electron chi connectivity index (χ0n) is 17.1. The van der Waals surface area contributed by atoms with Crippen molar-refractivity contribution in [1.82, 2.24) is 15.0 Å². The van der Waals surface area contributed by atoms with Gasteiger partial charge in [0.15, 0.2) is 0 Å². The van der Waals surface area contributed by atoms with Crippen molar-refractivity contribution in [2.75, 3.05) is 17.6 Å². The van der Waals surface area contributed by atoms with E-state index in [4.69, 9.17) is 15.8 Å². The summed E-state index contributed by atoms with van der Waals surface area (Å²) < 4.78 is 1.14. The summed E-state index contributed by atoms with van der Waals surface area (Å²) in [6, 6.07) is 12.2. The van der Waals surface area contributed by atoms with E-state index >= 15 is 0 Å². The Labute approximate surface area is 193 Å². The number of carboxylic acids is 1. The normalized spacial score (nSPS) is 13.8. The van der Waals surface area contributed by atoms with Gasteiger partial charge >= 0.3 is 5.97 Å². The number of carboxylic acid groups (broad SMARTS) is 1. The number of nitrogens with zero attached hydrogens (tertiary/aromatic N) is 3. The fourth-order valence-electron chi connectivity index (χ4n) is 3.53. The lowest BCUT2D eigenvalue weighted by Crippen LogP contribution is -2.14. The molecule has 0 spiro atoms. The molecule has 0 unspecified atom stereocenters. The quantitative estimate of drug-likeness (QED) is 0.345. The highest BCUT2D eigenvalue weighted by molar-refractivity contribution is 8.02. The number of nitrogens with two attached hydrogens (primary N) is 1. The summed E-state index contributed by atoms with van der Waals surface area (Å²) in [6.07, 6.45) is 7.07. The first-order chi connectivity index (χ1) is 15.6. The monoisotopic (exact) mass is 463 g/mol. The molecule has 1 aliphatic rings. The van der Waals surface area contributed by atoms with Gasteiger partial charge in [0.2, 0.25) is 5.95 Å². The molecule has 0 bridgehead atoms. The van der Waals surface area contributed by atoms with Crippen LogP contribution in [0.3, 0.4) is 0 Å². The maximum atomic E-state index is 10.7. The highest BCUT2D eigenvalue weighted by atomic mass is 32.2. The number of thiophene rings is 1. The summed E-state index contributed by atoms with van der Waals surface area (Å²) in [5, 5.41) is 13.1. The second-order valence-corrected chi connectivity index (χ2v) is 10.2. The zero-order valence-corrected chi connectivity index (χ0v) is 18.7. The molecule has 1 aliphatic carbocycles. The second kappa shape index (κ2) is 8.76. The van der Waals surface area contributed by atoms with Crippen molar-refractivity contribution in [2.45, 2.75) is 28.7 Å². The summed E-state index contributed by atoms with van der Waals surface area (Å²) in [5.41, 5.74) is 11.1. The minimum Gasteiger partial charge on any atom is -0.480 e. The average Bonchev–Trinajstić information content (AvgIpc) is 3.10. The Bertz CT molecular complexity index is 1270. The summed E-state index contributed by atoms with van der Waals surface area (Å²) in [4.78, 5) is 25.0. The van der Waals surface area contributed by atoms with Gasteiger partial charge in [0.25, 0.3) is 0 Å². The van der Waals surface area contributed by atoms with Crippen LogP contribution in [0.5, 0.6) is 0 Å². The van der Waals surface area contributed by atoms with Crippen molar-refractivity contribution >= 4 is 50.9 Å². The van der Waals surface area contributed by atoms with Crippen LogP contribution in [-0.4, -0.2) is 37.8 Å². The average molecular weight is 464 g/mol. The van der Waals surface area contributed by atoms with E-state index in [-0.39, 0.29) is 12.5 Å². The number of nitrogens with one attached hydrogen (secondary N) is 1. The largest absolute Gasteiger partial charge is 0.480 e. The molecule has 1 fully saturated rings. The van der Waals surface area contributed by atoms with Gasteiger partial charge in [-0.1, -0.05) is 36.8 Å². The molecule has 0 atom stereocenters. The van der Waals surface area contributed by atoms with Crippen LogP contribution in [0.4, 0.5) is 11.6 Å². The molecule has 4 aromatic rings. The molecule has 32 heavy (non-hydrogen) atoms. The van der Waals surface area contributed by atoms with Crippen LogP contribution in [0.2, 0.25) is 0 Å². The van der Waals surface area contributed by atoms with Crippen LogP contribution in [0, 0.1) is 0 Å². The standard InChI is InChI=1S/C23H21N5O2S2/c24-20-19-16(13-5-2-1-3-6-13)9-17(14-10-25-23(26-11-14)27-12-18(29)30)28-21(19)32-22(20)31-15-7-4-8-15/h1-3,5-6,9-11,15H,4,7-8,12,24H2,(H,29,30)(H,25,26,27). The number of rotatable bonds is 7. The number of carbonyl (C=O) groups is 1. The highest BCUT2D eigenvalue weighted by Gasteiger charge is 2.24. The van der Waals surface area contributed by atoms with Crippen LogP contribution < -0.4 is 11.1 Å². The van der Waals surface area contributed by atoms with Crippen molar-refractivity contribution in [3.05, 3.63) is 48.8 Å². The third kappa shape index (κ3) is 4.13. The number of fused-ring (bicyclic) bond motifs is 1. The topological polar surface area (TPSA) is 114 Å². The summed E-state index contributed by atoms with van der Waals surface area (Å²) >= 11 is 3.51. The number of thioether (sulfide) groups is 1. The molecule has 0 amide bonds. The minimum absolute atomic E-state index is 0.238. The SMILES string of the molecule is Nc1c(SC2CCC2)sc2nc(-c3cnc(NCC(=O)O)nc3)cc(-c3ccccc3)c12. The third-order valence-corrected chi connectivity index (χ3v) is 8.09. The Morgan fingerprint density at radius 2 is 1.94 bits per heavy atom. The molecule has 0 radical (unpaired) electrons. The molecule has 7 nitrogen and oxygen atoms in total. The van der Waals surface area contributed by atoms with E-state index in [0.29, 0.717) is 5.25 Å². The van der Waals surface area contributed by atoms with Gasteiger partial charge in [0.05, 0.1) is 15.6 Å². The van der Waals surface area contributed by atoms with Gasteiger partial charge in [-0.3, -0.25) is 4.79 Å². The van der Waals surface area contributed by atoms with Crippen LogP contribution in [0.1, 0.15) is 19.3 Å². The predicted octanol–water partition coefficient (Wildman–Crippen LogP) is 5.14. The molecule has 3 heterocycles. The molecule has 3 aromatic heterocycles. The van der Waals surface area contributed by atoms with Crippen molar-refractivity contribution in [3.63, 3.8) is 0 Å². The fraction of sp³-hybridized carbons (Fsp3) is 0.217. The lowest BCUT2D eigenvalue weighted by molar-refractivity contribution is -0.134. The summed E-state index contributed by atoms with van der Waals surface area (Å²) in [5.74, 6) is -0.705. The molecule has 0 saturated heterocycles. The first-order valence-electron chi connectivity index (χ1n) is 10.3. The molecule has 9 heteroatoms. The van der Waals surface area contributed by atoms with Crippen LogP contribution in [0.25, 0.3) is 32.6 Å². The molecular weight excluding hydrogens is 442 g/mol. The number of nitrogen functional groups attached to an aromatic ring is 1. The Morgan fingerprint density at radius 1 is 1.19 bits per heavy atom. The van der Waals surface area contributed by atoms with Gasteiger partial charge < -0.3 is 16.2 Å². The Morgan fingerprint density at radius 3 is 2.59 bits per heavy atom. The Hall–Kier alpha value is -3.17. The Kier molecular flexibility index (Phi) is 5.67. The van der Waals surface area contributed by atoms with Crippen molar-refractivity contribution in [3.8, 4) is 22.4 Å². The van der Waals surface area contributed by atoms with Gasteiger partial charge in [0, 0.05) is 28.6 Å². The highest BCUT2D eigenvalue weighted by Crippen LogP contribution is 2.48. The number of hydrogen-bond donors (Lipinski definition) is 3. The van der Waals surface area contributed by atoms with Crippen LogP contribution >= 0.6 is 23.1 Å². The molecule has 0 aliphatic heterocycles. The number of pyridine rings is 1. The maximum Gasteiger partial charge on any atom is 0.322 e. The van der Waals surface area contributed by atoms with Gasteiger partial charge in [0.1, 0.15) is 11.4 Å². The van der Waals surface area contributed by atoms with Crippen LogP contribution in [-0.2, 0) is 4.79 Å². The third-order valence-electron chi connectivity index (χ3n) is 5.42. The van der Waals surface area contributed by atoms with Gasteiger partial charge in [-0.25, -0.2) is 15.0 Å². The van der Waals surface area contributed by atoms with Crippen molar-refractivity contribution in [1.29, 1.82) is 0 Å². The summed E-state index contributed by atoms with van der Waals surface area (Å²) in [7, 11) is 0. The first-order valence-corrected chi connectivity index (χ1v) is 12.0. The van der Waals surface area contributed by atoms with E-state index in [9.17, 15) is 4.79 Å². The zero-order chi connectivity index (χ0) is 22.1. The van der Waals surface area contributed by atoms with Gasteiger partial charge in [-0.05, 0) is 30.0 Å². The van der Waals surface area contributed by atoms with E-state index in [1.807, 2.05) is 36.0 Å². The van der Waals surface area contributed by atoms with E-state index in [0.717, 1.165) is 42.5 Å². The number of aromatic nitrogens is 3. The second-order valence-electron chi connectivity index (χ2n) is 7.62. The molecule has 1 saturated carbocycles. The maximum absolute atomic E-state index is 10.7. The van der Waals surface area contributed by atoms with Gasteiger partial charge in [-0.2, -0.15) is 0 Å². The molecular formula is C23H21N5O2S2. The molecule has 162 valence electrons. The smallest absolute Gasteiger partial charge is 0.322 e. The fourth-order valence-corrected chi connectivity index (χ4v) is 6.32. The predicted molar refractivity (Wildman–Crippen MR) is 130 cm³/mol. The van der Waals surface area contributed by atoms with E-state index < -0.39 is 5.97 Å². The Balaban J connectivity index is 1.58.